The maximum absolute atomic E-state index is 12.3. The Kier molecular flexibility index (Phi) is 3.48. The first-order chi connectivity index (χ1) is 8.85. The second kappa shape index (κ2) is 4.80. The maximum atomic E-state index is 12.3. The van der Waals surface area contributed by atoms with E-state index in [0.717, 1.165) is 29.1 Å². The summed E-state index contributed by atoms with van der Waals surface area (Å²) in [4.78, 5) is 12.3. The minimum atomic E-state index is 0.0230. The monoisotopic (exact) mass is 258 g/mol. The van der Waals surface area contributed by atoms with E-state index < -0.39 is 0 Å². The summed E-state index contributed by atoms with van der Waals surface area (Å²) in [5.41, 5.74) is 3.83. The first-order valence-electron chi connectivity index (χ1n) is 6.77. The molecule has 0 fully saturated rings. The highest BCUT2D eigenvalue weighted by atomic mass is 16.1. The molecule has 3 nitrogen and oxygen atoms in total. The van der Waals surface area contributed by atoms with Gasteiger partial charge in [0.15, 0.2) is 5.78 Å². The fourth-order valence-electron chi connectivity index (χ4n) is 2.74. The van der Waals surface area contributed by atoms with Crippen LogP contribution < -0.4 is 0 Å². The lowest BCUT2D eigenvalue weighted by molar-refractivity contribution is 0.0910. The summed E-state index contributed by atoms with van der Waals surface area (Å²) < 4.78 is 1.93. The molecule has 102 valence electrons. The lowest BCUT2D eigenvalue weighted by Crippen LogP contribution is -2.28. The molecule has 1 aromatic rings. The highest BCUT2D eigenvalue weighted by Gasteiger charge is 2.35. The number of Topliss-reactive ketones (excluding diaryl/α,β-unsaturated/α-hetero) is 1. The van der Waals surface area contributed by atoms with Crippen LogP contribution in [0.15, 0.2) is 18.2 Å². The van der Waals surface area contributed by atoms with Crippen LogP contribution in [0.1, 0.15) is 55.9 Å². The number of aryl methyl sites for hydroxylation is 1. The summed E-state index contributed by atoms with van der Waals surface area (Å²) in [5.74, 6) is 0.230. The second-order valence-corrected chi connectivity index (χ2v) is 6.09. The van der Waals surface area contributed by atoms with Crippen molar-refractivity contribution in [1.82, 2.24) is 9.78 Å². The zero-order chi connectivity index (χ0) is 14.2. The van der Waals surface area contributed by atoms with Gasteiger partial charge in [0.2, 0.25) is 0 Å². The Hall–Kier alpha value is -1.64. The van der Waals surface area contributed by atoms with Gasteiger partial charge in [-0.25, -0.2) is 4.68 Å². The normalized spacial score (nSPS) is 19.0. The number of nitrogens with zero attached hydrogens (tertiary/aromatic N) is 2. The van der Waals surface area contributed by atoms with E-state index in [0.29, 0.717) is 6.42 Å². The van der Waals surface area contributed by atoms with E-state index in [1.165, 1.54) is 0 Å². The van der Waals surface area contributed by atoms with E-state index in [-0.39, 0.29) is 11.2 Å². The lowest BCUT2D eigenvalue weighted by atomic mass is 9.75. The van der Waals surface area contributed by atoms with Crippen molar-refractivity contribution in [3.63, 3.8) is 0 Å². The zero-order valence-corrected chi connectivity index (χ0v) is 12.4. The van der Waals surface area contributed by atoms with Crippen LogP contribution in [0.4, 0.5) is 0 Å². The molecule has 0 saturated heterocycles. The highest BCUT2D eigenvalue weighted by Crippen LogP contribution is 2.36. The van der Waals surface area contributed by atoms with Gasteiger partial charge in [0.1, 0.15) is 0 Å². The van der Waals surface area contributed by atoms with Crippen molar-refractivity contribution in [3.8, 4) is 0 Å². The Morgan fingerprint density at radius 2 is 2.05 bits per heavy atom. The van der Waals surface area contributed by atoms with Crippen LogP contribution >= 0.6 is 0 Å². The molecule has 0 aliphatic heterocycles. The van der Waals surface area contributed by atoms with Gasteiger partial charge in [-0.2, -0.15) is 5.10 Å². The number of carbonyl (C=O) groups is 1. The molecule has 1 aliphatic rings. The molecule has 1 aliphatic carbocycles. The Morgan fingerprint density at radius 1 is 1.37 bits per heavy atom. The number of fused-ring (bicyclic) bond motifs is 1. The van der Waals surface area contributed by atoms with Crippen LogP contribution in [-0.4, -0.2) is 15.6 Å². The molecule has 1 aromatic heterocycles. The van der Waals surface area contributed by atoms with Gasteiger partial charge >= 0.3 is 0 Å². The Bertz CT molecular complexity index is 574. The summed E-state index contributed by atoms with van der Waals surface area (Å²) in [6.07, 6.45) is 7.52. The van der Waals surface area contributed by atoms with Crippen molar-refractivity contribution in [2.24, 2.45) is 5.41 Å². The first-order valence-corrected chi connectivity index (χ1v) is 6.77. The Labute approximate surface area is 115 Å². The van der Waals surface area contributed by atoms with Gasteiger partial charge in [0.05, 0.1) is 17.0 Å². The molecule has 3 heteroatoms. The van der Waals surface area contributed by atoms with Gasteiger partial charge < -0.3 is 0 Å². The molecule has 0 amide bonds. The molecular weight excluding hydrogens is 236 g/mol. The van der Waals surface area contributed by atoms with Gasteiger partial charge in [-0.1, -0.05) is 26.0 Å². The van der Waals surface area contributed by atoms with E-state index >= 15 is 0 Å². The van der Waals surface area contributed by atoms with Crippen molar-refractivity contribution in [2.75, 3.05) is 0 Å². The highest BCUT2D eigenvalue weighted by molar-refractivity contribution is 6.00. The molecule has 19 heavy (non-hydrogen) atoms. The average molecular weight is 258 g/mol. The number of hydrogen-bond acceptors (Lipinski definition) is 2. The first kappa shape index (κ1) is 13.8. The fraction of sp³-hybridized carbons (Fsp3) is 0.500. The minimum Gasteiger partial charge on any atom is -0.294 e. The van der Waals surface area contributed by atoms with Gasteiger partial charge in [-0.15, -0.1) is 0 Å². The van der Waals surface area contributed by atoms with Crippen molar-refractivity contribution in [2.45, 2.75) is 47.5 Å². The van der Waals surface area contributed by atoms with E-state index in [9.17, 15) is 4.79 Å². The van der Waals surface area contributed by atoms with E-state index in [1.807, 2.05) is 43.7 Å². The topological polar surface area (TPSA) is 34.9 Å². The molecule has 0 atom stereocenters. The largest absolute Gasteiger partial charge is 0.294 e. The van der Waals surface area contributed by atoms with Crippen LogP contribution in [0.2, 0.25) is 0 Å². The van der Waals surface area contributed by atoms with Crippen LogP contribution in [0.5, 0.6) is 0 Å². The molecule has 0 N–H and O–H groups in total. The number of rotatable bonds is 2. The van der Waals surface area contributed by atoms with Crippen LogP contribution in [0.25, 0.3) is 5.70 Å². The third-order valence-corrected chi connectivity index (χ3v) is 3.58. The Morgan fingerprint density at radius 3 is 2.68 bits per heavy atom. The van der Waals surface area contributed by atoms with Crippen molar-refractivity contribution in [1.29, 1.82) is 0 Å². The lowest BCUT2D eigenvalue weighted by Gasteiger charge is -2.29. The average Bonchev–Trinajstić information content (AvgIpc) is 2.61. The van der Waals surface area contributed by atoms with Gasteiger partial charge in [0.25, 0.3) is 0 Å². The zero-order valence-electron chi connectivity index (χ0n) is 12.4. The van der Waals surface area contributed by atoms with Crippen molar-refractivity contribution >= 4 is 11.5 Å². The predicted molar refractivity (Wildman–Crippen MR) is 78.2 cm³/mol. The quantitative estimate of drug-likeness (QED) is 0.757. The molecule has 0 spiro atoms. The Balaban J connectivity index is 2.55. The second-order valence-electron chi connectivity index (χ2n) is 6.09. The molecule has 0 aromatic carbocycles. The van der Waals surface area contributed by atoms with Gasteiger partial charge in [-0.3, -0.25) is 4.79 Å². The van der Waals surface area contributed by atoms with E-state index in [2.05, 4.69) is 18.9 Å². The number of carbonyl (C=O) groups excluding carboxylic acids is 1. The van der Waals surface area contributed by atoms with Crippen molar-refractivity contribution in [3.05, 3.63) is 35.2 Å². The molecule has 0 bridgehead atoms. The predicted octanol–water partition coefficient (Wildman–Crippen LogP) is 3.78. The van der Waals surface area contributed by atoms with Crippen LogP contribution in [0.3, 0.4) is 0 Å². The van der Waals surface area contributed by atoms with Gasteiger partial charge in [-0.05, 0) is 38.7 Å². The molecular formula is C16H22N2O. The number of ketones is 1. The molecule has 0 radical (unpaired) electrons. The summed E-state index contributed by atoms with van der Waals surface area (Å²) in [6, 6.07) is 0. The number of allylic oxidation sites excluding steroid dienone is 4. The SMILES string of the molecule is CC=CC=C(C)n1nc(C)c2c1CC(C)(C)CC2=O. The molecule has 1 heterocycles. The standard InChI is InChI=1S/C16H22N2O/c1-6-7-8-11(2)18-13-9-16(4,5)10-14(19)15(13)12(3)17-18/h6-8H,9-10H2,1-5H3. The minimum absolute atomic E-state index is 0.0230. The molecule has 0 saturated carbocycles. The summed E-state index contributed by atoms with van der Waals surface area (Å²) in [6.45, 7) is 10.2. The van der Waals surface area contributed by atoms with Gasteiger partial charge in [0, 0.05) is 12.1 Å². The smallest absolute Gasteiger partial charge is 0.167 e. The van der Waals surface area contributed by atoms with Crippen LogP contribution in [0, 0.1) is 12.3 Å². The third-order valence-electron chi connectivity index (χ3n) is 3.58. The molecule has 0 unspecified atom stereocenters. The summed E-state index contributed by atoms with van der Waals surface area (Å²) in [5, 5.41) is 4.55. The molecule has 2 rings (SSSR count). The van der Waals surface area contributed by atoms with E-state index in [1.54, 1.807) is 0 Å². The maximum Gasteiger partial charge on any atom is 0.167 e. The summed E-state index contributed by atoms with van der Waals surface area (Å²) in [7, 11) is 0. The fourth-order valence-corrected chi connectivity index (χ4v) is 2.74. The van der Waals surface area contributed by atoms with Crippen molar-refractivity contribution < 1.29 is 4.79 Å². The number of hydrogen-bond donors (Lipinski definition) is 0. The summed E-state index contributed by atoms with van der Waals surface area (Å²) >= 11 is 0. The number of aromatic nitrogens is 2. The third kappa shape index (κ3) is 2.55. The van der Waals surface area contributed by atoms with E-state index in [4.69, 9.17) is 0 Å². The van der Waals surface area contributed by atoms with Crippen LogP contribution in [-0.2, 0) is 6.42 Å².